The molecule has 3 aromatic rings. The molecule has 16 nitrogen and oxygen atoms in total. The Balaban J connectivity index is 1.75. The molecule has 344 valence electrons. The number of H-pyrrole nitrogens is 1. The summed E-state index contributed by atoms with van der Waals surface area (Å²) in [7, 11) is 1.51. The number of benzene rings is 2. The van der Waals surface area contributed by atoms with Gasteiger partial charge in [-0.3, -0.25) is 24.0 Å². The Bertz CT molecular complexity index is 2060. The number of nitrogens with zero attached hydrogens (tertiary/aromatic N) is 1. The summed E-state index contributed by atoms with van der Waals surface area (Å²) in [5, 5.41) is 27.3. The van der Waals surface area contributed by atoms with Crippen molar-refractivity contribution in [2.75, 3.05) is 13.6 Å². The van der Waals surface area contributed by atoms with E-state index in [1.807, 2.05) is 76.2 Å². The van der Waals surface area contributed by atoms with Gasteiger partial charge in [0, 0.05) is 48.0 Å². The quantitative estimate of drug-likeness (QED) is 0.121. The molecule has 2 heterocycles. The highest BCUT2D eigenvalue weighted by molar-refractivity contribution is 9.10. The second-order valence-corrected chi connectivity index (χ2v) is 18.4. The molecule has 0 aliphatic carbocycles. The Morgan fingerprint density at radius 1 is 0.825 bits per heavy atom. The van der Waals surface area contributed by atoms with Gasteiger partial charge >= 0.3 is 12.0 Å². The fourth-order valence-electron chi connectivity index (χ4n) is 7.70. The zero-order valence-corrected chi connectivity index (χ0v) is 39.0. The van der Waals surface area contributed by atoms with Gasteiger partial charge in [-0.2, -0.15) is 0 Å². The SMILES string of the molecule is CCC(C)C(NC(=O)NC1CCCCNC(=O)C(Cc2ccccc2)NC(=O)C(Cc2c[nH]c3ccc(Br)cc23)N(C)C(=O)C(CC(C)C)NC(=O)C(CC(C)C)NC1=O)C(=O)O. The van der Waals surface area contributed by atoms with Crippen LogP contribution < -0.4 is 31.9 Å². The number of carboxylic acids is 1. The van der Waals surface area contributed by atoms with E-state index in [0.29, 0.717) is 19.3 Å². The number of nitrogens with one attached hydrogen (secondary N) is 7. The molecule has 7 atom stereocenters. The molecule has 1 aromatic heterocycles. The Morgan fingerprint density at radius 3 is 2.13 bits per heavy atom. The molecule has 0 bridgehead atoms. The van der Waals surface area contributed by atoms with Crippen LogP contribution in [0, 0.1) is 17.8 Å². The zero-order valence-electron chi connectivity index (χ0n) is 37.4. The molecule has 63 heavy (non-hydrogen) atoms. The van der Waals surface area contributed by atoms with Gasteiger partial charge in [-0.15, -0.1) is 0 Å². The van der Waals surface area contributed by atoms with Crippen LogP contribution in [0.2, 0.25) is 0 Å². The maximum atomic E-state index is 14.7. The second-order valence-electron chi connectivity index (χ2n) is 17.5. The Morgan fingerprint density at radius 2 is 1.48 bits per heavy atom. The first kappa shape index (κ1) is 50.2. The number of likely N-dealkylation sites (N-methyl/N-ethyl adjacent to an activating group) is 1. The average molecular weight is 938 g/mol. The molecular formula is C46H65BrN8O8. The highest BCUT2D eigenvalue weighted by atomic mass is 79.9. The number of hydrogen-bond acceptors (Lipinski definition) is 7. The average Bonchev–Trinajstić information content (AvgIpc) is 3.63. The lowest BCUT2D eigenvalue weighted by atomic mass is 9.97. The first-order valence-electron chi connectivity index (χ1n) is 21.9. The number of amides is 7. The van der Waals surface area contributed by atoms with Crippen LogP contribution in [0.4, 0.5) is 4.79 Å². The van der Waals surface area contributed by atoms with Crippen LogP contribution in [-0.4, -0.2) is 106 Å². The van der Waals surface area contributed by atoms with Crippen LogP contribution in [0.3, 0.4) is 0 Å². The molecule has 0 radical (unpaired) electrons. The first-order chi connectivity index (χ1) is 29.9. The van der Waals surface area contributed by atoms with Crippen molar-refractivity contribution in [1.29, 1.82) is 0 Å². The van der Waals surface area contributed by atoms with Gasteiger partial charge in [0.2, 0.25) is 29.5 Å². The highest BCUT2D eigenvalue weighted by Crippen LogP contribution is 2.25. The normalized spacial score (nSPS) is 22.2. The monoisotopic (exact) mass is 936 g/mol. The molecule has 2 aromatic carbocycles. The van der Waals surface area contributed by atoms with Crippen LogP contribution in [0.25, 0.3) is 10.9 Å². The maximum absolute atomic E-state index is 14.7. The Hall–Kier alpha value is -5.45. The minimum Gasteiger partial charge on any atom is -0.480 e. The van der Waals surface area contributed by atoms with E-state index in [0.717, 1.165) is 26.5 Å². The third-order valence-electron chi connectivity index (χ3n) is 11.4. The number of carbonyl (C=O) groups is 7. The van der Waals surface area contributed by atoms with Gasteiger partial charge in [0.05, 0.1) is 0 Å². The molecule has 1 aliphatic rings. The van der Waals surface area contributed by atoms with E-state index in [1.165, 1.54) is 11.9 Å². The molecule has 1 saturated heterocycles. The predicted molar refractivity (Wildman–Crippen MR) is 244 cm³/mol. The Labute approximate surface area is 378 Å². The van der Waals surface area contributed by atoms with Crippen LogP contribution in [0.15, 0.2) is 59.2 Å². The molecule has 17 heteroatoms. The van der Waals surface area contributed by atoms with E-state index in [-0.39, 0.29) is 50.5 Å². The summed E-state index contributed by atoms with van der Waals surface area (Å²) < 4.78 is 0.825. The number of aliphatic carboxylic acids is 1. The number of carboxylic acid groups (broad SMARTS) is 1. The lowest BCUT2D eigenvalue weighted by Crippen LogP contribution is -2.60. The van der Waals surface area contributed by atoms with E-state index in [2.05, 4.69) is 52.8 Å². The van der Waals surface area contributed by atoms with Crippen molar-refractivity contribution < 1.29 is 38.7 Å². The third kappa shape index (κ3) is 14.8. The minimum absolute atomic E-state index is 0.0745. The summed E-state index contributed by atoms with van der Waals surface area (Å²) in [5.41, 5.74) is 2.39. The highest BCUT2D eigenvalue weighted by Gasteiger charge is 2.37. The van der Waals surface area contributed by atoms with Crippen molar-refractivity contribution in [3.63, 3.8) is 0 Å². The molecule has 8 N–H and O–H groups in total. The smallest absolute Gasteiger partial charge is 0.326 e. The number of urea groups is 1. The van der Waals surface area contributed by atoms with Gasteiger partial charge in [-0.05, 0) is 79.2 Å². The summed E-state index contributed by atoms with van der Waals surface area (Å²) in [6.07, 6.45) is 3.69. The Kier molecular flexibility index (Phi) is 19.0. The topological polar surface area (TPSA) is 231 Å². The number of carbonyl (C=O) groups excluding carboxylic acids is 6. The van der Waals surface area contributed by atoms with Gasteiger partial charge in [-0.25, -0.2) is 9.59 Å². The summed E-state index contributed by atoms with van der Waals surface area (Å²) in [5.74, 6) is -4.62. The van der Waals surface area contributed by atoms with Gasteiger partial charge in [-0.1, -0.05) is 94.2 Å². The van der Waals surface area contributed by atoms with Crippen LogP contribution in [0.1, 0.15) is 91.2 Å². The van der Waals surface area contributed by atoms with Crippen molar-refractivity contribution in [1.82, 2.24) is 41.8 Å². The summed E-state index contributed by atoms with van der Waals surface area (Å²) in [6.45, 7) is 11.2. The molecular weight excluding hydrogens is 872 g/mol. The second kappa shape index (κ2) is 23.8. The molecule has 7 unspecified atom stereocenters. The number of aromatic amines is 1. The number of hydrogen-bond donors (Lipinski definition) is 8. The zero-order chi connectivity index (χ0) is 46.4. The molecule has 0 saturated carbocycles. The number of fused-ring (bicyclic) bond motifs is 1. The molecule has 0 spiro atoms. The molecule has 4 rings (SSSR count). The fourth-order valence-corrected chi connectivity index (χ4v) is 8.06. The van der Waals surface area contributed by atoms with E-state index in [1.54, 1.807) is 20.0 Å². The van der Waals surface area contributed by atoms with Crippen LogP contribution >= 0.6 is 15.9 Å². The minimum atomic E-state index is -1.22. The molecule has 1 fully saturated rings. The van der Waals surface area contributed by atoms with Crippen molar-refractivity contribution in [2.24, 2.45) is 17.8 Å². The fraction of sp³-hybridized carbons (Fsp3) is 0.543. The van der Waals surface area contributed by atoms with Gasteiger partial charge in [0.1, 0.15) is 36.3 Å². The molecule has 7 amide bonds. The van der Waals surface area contributed by atoms with Crippen LogP contribution in [0.5, 0.6) is 0 Å². The van der Waals surface area contributed by atoms with Gasteiger partial charge in [0.15, 0.2) is 0 Å². The number of aromatic nitrogens is 1. The van der Waals surface area contributed by atoms with Gasteiger partial charge < -0.3 is 46.9 Å². The van der Waals surface area contributed by atoms with Crippen LogP contribution in [-0.2, 0) is 41.6 Å². The third-order valence-corrected chi connectivity index (χ3v) is 11.9. The molecule has 1 aliphatic heterocycles. The number of rotatable bonds is 13. The predicted octanol–water partition coefficient (Wildman–Crippen LogP) is 4.56. The lowest BCUT2D eigenvalue weighted by Gasteiger charge is -2.33. The van der Waals surface area contributed by atoms with Crippen molar-refractivity contribution >= 4 is 68.4 Å². The van der Waals surface area contributed by atoms with E-state index in [9.17, 15) is 38.7 Å². The number of halogens is 1. The lowest BCUT2D eigenvalue weighted by molar-refractivity contribution is -0.143. The van der Waals surface area contributed by atoms with E-state index < -0.39 is 83.7 Å². The summed E-state index contributed by atoms with van der Waals surface area (Å²) in [4.78, 5) is 102. The van der Waals surface area contributed by atoms with Gasteiger partial charge in [0.25, 0.3) is 0 Å². The van der Waals surface area contributed by atoms with Crippen molar-refractivity contribution in [2.45, 2.75) is 129 Å². The van der Waals surface area contributed by atoms with E-state index in [4.69, 9.17) is 0 Å². The standard InChI is InChI=1S/C46H65BrN8O8/c1-8-28(6)39(45(61)62)54-46(63)53-34-16-12-13-19-48-40(56)36(22-29-14-10-9-11-15-29)51-43(59)38(23-30-25-49-33-18-17-31(47)24-32(30)33)55(7)44(60)37(21-27(4)5)52-42(58)35(20-26(2)3)50-41(34)57/h9-11,14-15,17-18,24-28,34-39,49H,8,12-13,16,19-23H2,1-7H3,(H,48,56)(H,50,57)(H,51,59)(H,52,58)(H,61,62)(H2,53,54,63). The van der Waals surface area contributed by atoms with E-state index >= 15 is 0 Å². The maximum Gasteiger partial charge on any atom is 0.326 e. The van der Waals surface area contributed by atoms with Crippen molar-refractivity contribution in [3.05, 3.63) is 70.3 Å². The first-order valence-corrected chi connectivity index (χ1v) is 22.7. The largest absolute Gasteiger partial charge is 0.480 e. The summed E-state index contributed by atoms with van der Waals surface area (Å²) >= 11 is 3.54. The summed E-state index contributed by atoms with van der Waals surface area (Å²) in [6, 6.07) is 7.30. The van der Waals surface area contributed by atoms with Crippen molar-refractivity contribution in [3.8, 4) is 0 Å².